The van der Waals surface area contributed by atoms with Crippen LogP contribution in [0.25, 0.3) is 0 Å². The highest BCUT2D eigenvalue weighted by Gasteiger charge is 2.18. The zero-order chi connectivity index (χ0) is 19.6. The van der Waals surface area contributed by atoms with Crippen molar-refractivity contribution in [3.05, 3.63) is 35.4 Å². The first-order chi connectivity index (χ1) is 12.2. The van der Waals surface area contributed by atoms with Crippen molar-refractivity contribution in [3.8, 4) is 0 Å². The maximum absolute atomic E-state index is 12.0. The van der Waals surface area contributed by atoms with Gasteiger partial charge in [0.1, 0.15) is 0 Å². The van der Waals surface area contributed by atoms with Crippen LogP contribution in [0.3, 0.4) is 0 Å². The minimum Gasteiger partial charge on any atom is -0.425 e. The lowest BCUT2D eigenvalue weighted by Crippen LogP contribution is -2.24. The molecule has 1 aromatic carbocycles. The third-order valence-electron chi connectivity index (χ3n) is 4.28. The van der Waals surface area contributed by atoms with Crippen LogP contribution in [-0.4, -0.2) is 18.2 Å². The first-order valence-electron chi connectivity index (χ1n) is 9.68. The third-order valence-corrected chi connectivity index (χ3v) is 4.28. The Morgan fingerprint density at radius 1 is 1.00 bits per heavy atom. The maximum atomic E-state index is 12.0. The minimum atomic E-state index is -0.812. The number of benzene rings is 1. The van der Waals surface area contributed by atoms with Gasteiger partial charge in [0.25, 0.3) is 0 Å². The zero-order valence-electron chi connectivity index (χ0n) is 17.0. The Bertz CT molecular complexity index is 555. The molecule has 0 spiro atoms. The minimum absolute atomic E-state index is 0.117. The molecule has 1 atom stereocenters. The molecule has 0 N–H and O–H groups in total. The second-order valence-electron chi connectivity index (χ2n) is 7.83. The number of aryl methyl sites for hydroxylation is 1. The molecule has 0 aliphatic heterocycles. The van der Waals surface area contributed by atoms with Crippen molar-refractivity contribution in [3.63, 3.8) is 0 Å². The van der Waals surface area contributed by atoms with Gasteiger partial charge in [0.15, 0.2) is 0 Å². The van der Waals surface area contributed by atoms with Crippen LogP contribution in [0.1, 0.15) is 84.3 Å². The normalized spacial score (nSPS) is 12.5. The molecule has 0 amide bonds. The van der Waals surface area contributed by atoms with Crippen molar-refractivity contribution < 1.29 is 19.1 Å². The highest BCUT2D eigenvalue weighted by Crippen LogP contribution is 2.22. The predicted octanol–water partition coefficient (Wildman–Crippen LogP) is 5.32. The number of unbranched alkanes of at least 4 members (excludes halogenated alkanes) is 3. The molecule has 146 valence electrons. The van der Waals surface area contributed by atoms with Gasteiger partial charge in [-0.25, -0.2) is 0 Å². The van der Waals surface area contributed by atoms with Crippen LogP contribution >= 0.6 is 0 Å². The van der Waals surface area contributed by atoms with E-state index in [9.17, 15) is 9.59 Å². The molecule has 0 bridgehead atoms. The summed E-state index contributed by atoms with van der Waals surface area (Å²) in [7, 11) is 0. The van der Waals surface area contributed by atoms with Gasteiger partial charge < -0.3 is 9.47 Å². The van der Waals surface area contributed by atoms with E-state index in [-0.39, 0.29) is 11.4 Å². The Balaban J connectivity index is 2.53. The summed E-state index contributed by atoms with van der Waals surface area (Å²) in [6.07, 6.45) is 4.79. The SMILES string of the molecule is CCCCCCC(=O)OC(CCc1ccc(C(C)(C)C)cc1)OC(C)=O. The van der Waals surface area contributed by atoms with Crippen molar-refractivity contribution in [2.24, 2.45) is 0 Å². The van der Waals surface area contributed by atoms with E-state index in [4.69, 9.17) is 9.47 Å². The Morgan fingerprint density at radius 2 is 1.65 bits per heavy atom. The number of carbonyl (C=O) groups excluding carboxylic acids is 2. The predicted molar refractivity (Wildman–Crippen MR) is 104 cm³/mol. The van der Waals surface area contributed by atoms with Crippen LogP contribution in [-0.2, 0) is 30.9 Å². The van der Waals surface area contributed by atoms with E-state index in [0.717, 1.165) is 31.2 Å². The quantitative estimate of drug-likeness (QED) is 0.321. The van der Waals surface area contributed by atoms with Crippen LogP contribution in [0.4, 0.5) is 0 Å². The van der Waals surface area contributed by atoms with E-state index in [1.54, 1.807) is 0 Å². The molecule has 0 saturated heterocycles. The van der Waals surface area contributed by atoms with E-state index in [1.165, 1.54) is 12.5 Å². The third kappa shape index (κ3) is 9.02. The monoisotopic (exact) mass is 362 g/mol. The molecule has 0 saturated carbocycles. The highest BCUT2D eigenvalue weighted by atomic mass is 16.7. The molecule has 0 aliphatic carbocycles. The van der Waals surface area contributed by atoms with E-state index in [2.05, 4.69) is 52.0 Å². The molecule has 0 fully saturated rings. The molecule has 1 unspecified atom stereocenters. The highest BCUT2D eigenvalue weighted by molar-refractivity contribution is 5.70. The Hall–Kier alpha value is -1.84. The second-order valence-corrected chi connectivity index (χ2v) is 7.83. The largest absolute Gasteiger partial charge is 0.425 e. The molecular weight excluding hydrogens is 328 g/mol. The second kappa shape index (κ2) is 11.0. The van der Waals surface area contributed by atoms with E-state index < -0.39 is 12.3 Å². The van der Waals surface area contributed by atoms with E-state index in [1.807, 2.05) is 0 Å². The number of esters is 2. The molecule has 1 rings (SSSR count). The number of hydrogen-bond donors (Lipinski definition) is 0. The lowest BCUT2D eigenvalue weighted by Gasteiger charge is -2.20. The van der Waals surface area contributed by atoms with Gasteiger partial charge in [0, 0.05) is 19.8 Å². The lowest BCUT2D eigenvalue weighted by molar-refractivity contribution is -0.187. The van der Waals surface area contributed by atoms with Gasteiger partial charge >= 0.3 is 11.9 Å². The summed E-state index contributed by atoms with van der Waals surface area (Å²) in [5.74, 6) is -0.729. The fourth-order valence-electron chi connectivity index (χ4n) is 2.68. The fraction of sp³-hybridized carbons (Fsp3) is 0.636. The zero-order valence-corrected chi connectivity index (χ0v) is 17.0. The van der Waals surface area contributed by atoms with Crippen molar-refractivity contribution in [1.82, 2.24) is 0 Å². The molecular formula is C22H34O4. The van der Waals surface area contributed by atoms with Crippen LogP contribution in [0.15, 0.2) is 24.3 Å². The first-order valence-corrected chi connectivity index (χ1v) is 9.68. The van der Waals surface area contributed by atoms with Gasteiger partial charge in [0.2, 0.25) is 6.29 Å². The molecule has 26 heavy (non-hydrogen) atoms. The van der Waals surface area contributed by atoms with Gasteiger partial charge in [-0.15, -0.1) is 0 Å². The lowest BCUT2D eigenvalue weighted by atomic mass is 9.86. The summed E-state index contributed by atoms with van der Waals surface area (Å²) in [4.78, 5) is 23.2. The molecule has 0 aliphatic rings. The molecule has 0 aromatic heterocycles. The molecule has 4 nitrogen and oxygen atoms in total. The molecule has 0 radical (unpaired) electrons. The summed E-state index contributed by atoms with van der Waals surface area (Å²) in [6, 6.07) is 8.40. The maximum Gasteiger partial charge on any atom is 0.308 e. The van der Waals surface area contributed by atoms with Crippen molar-refractivity contribution in [2.45, 2.75) is 91.3 Å². The average Bonchev–Trinajstić information content (AvgIpc) is 2.56. The number of rotatable bonds is 10. The smallest absolute Gasteiger partial charge is 0.308 e. The fourth-order valence-corrected chi connectivity index (χ4v) is 2.68. The van der Waals surface area contributed by atoms with Gasteiger partial charge in [0.05, 0.1) is 0 Å². The Kier molecular flexibility index (Phi) is 9.39. The Labute approximate surface area is 158 Å². The first kappa shape index (κ1) is 22.2. The van der Waals surface area contributed by atoms with Gasteiger partial charge in [-0.3, -0.25) is 9.59 Å². The van der Waals surface area contributed by atoms with Crippen LogP contribution in [0.2, 0.25) is 0 Å². The van der Waals surface area contributed by atoms with Crippen molar-refractivity contribution in [2.75, 3.05) is 0 Å². The van der Waals surface area contributed by atoms with E-state index in [0.29, 0.717) is 19.3 Å². The van der Waals surface area contributed by atoms with Gasteiger partial charge in [-0.1, -0.05) is 71.2 Å². The van der Waals surface area contributed by atoms with Crippen LogP contribution in [0, 0.1) is 0 Å². The molecule has 4 heteroatoms. The van der Waals surface area contributed by atoms with Crippen molar-refractivity contribution in [1.29, 1.82) is 0 Å². The number of ether oxygens (including phenoxy) is 2. The summed E-state index contributed by atoms with van der Waals surface area (Å²) >= 11 is 0. The Morgan fingerprint density at radius 3 is 2.19 bits per heavy atom. The standard InChI is InChI=1S/C22H34O4/c1-6-7-8-9-10-20(24)26-21(25-17(2)23)16-13-18-11-14-19(15-12-18)22(3,4)5/h11-12,14-15,21H,6-10,13,16H2,1-5H3. The van der Waals surface area contributed by atoms with E-state index >= 15 is 0 Å². The summed E-state index contributed by atoms with van der Waals surface area (Å²) in [5, 5.41) is 0. The number of carbonyl (C=O) groups is 2. The van der Waals surface area contributed by atoms with Gasteiger partial charge in [-0.05, 0) is 29.4 Å². The number of hydrogen-bond acceptors (Lipinski definition) is 4. The topological polar surface area (TPSA) is 52.6 Å². The summed E-state index contributed by atoms with van der Waals surface area (Å²) in [6.45, 7) is 10.00. The van der Waals surface area contributed by atoms with Gasteiger partial charge in [-0.2, -0.15) is 0 Å². The summed E-state index contributed by atoms with van der Waals surface area (Å²) in [5.41, 5.74) is 2.52. The molecule has 0 heterocycles. The van der Waals surface area contributed by atoms with Crippen LogP contribution in [0.5, 0.6) is 0 Å². The molecule has 1 aromatic rings. The van der Waals surface area contributed by atoms with Crippen molar-refractivity contribution >= 4 is 11.9 Å². The average molecular weight is 363 g/mol. The summed E-state index contributed by atoms with van der Waals surface area (Å²) < 4.78 is 10.5. The van der Waals surface area contributed by atoms with Crippen LogP contribution < -0.4 is 0 Å².